The van der Waals surface area contributed by atoms with E-state index in [0.717, 1.165) is 5.56 Å². The van der Waals surface area contributed by atoms with E-state index in [1.54, 1.807) is 24.3 Å². The van der Waals surface area contributed by atoms with Crippen molar-refractivity contribution in [2.24, 2.45) is 5.41 Å². The van der Waals surface area contributed by atoms with Gasteiger partial charge in [0, 0.05) is 13.1 Å². The van der Waals surface area contributed by atoms with E-state index in [4.69, 9.17) is 10.4 Å². The molecule has 20 heavy (non-hydrogen) atoms. The van der Waals surface area contributed by atoms with Gasteiger partial charge in [0.1, 0.15) is 0 Å². The van der Waals surface area contributed by atoms with Crippen LogP contribution in [-0.4, -0.2) is 23.7 Å². The van der Waals surface area contributed by atoms with Crippen molar-refractivity contribution in [2.45, 2.75) is 19.4 Å². The standard InChI is InChI=1S/C14H15N3O3/c15-7-10-2-1-3-11(6-10)8-16-13(20)17-9-14(4-5-14)12(18)19/h1-3,6H,4-5,8-9H2,(H,18,19)(H2,16,17,20). The number of hydrogen-bond donors (Lipinski definition) is 3. The maximum absolute atomic E-state index is 11.6. The summed E-state index contributed by atoms with van der Waals surface area (Å²) in [6.45, 7) is 0.438. The van der Waals surface area contributed by atoms with E-state index in [2.05, 4.69) is 10.6 Å². The lowest BCUT2D eigenvalue weighted by atomic mass is 10.1. The summed E-state index contributed by atoms with van der Waals surface area (Å²) < 4.78 is 0. The van der Waals surface area contributed by atoms with Crippen molar-refractivity contribution in [2.75, 3.05) is 6.54 Å². The second-order valence-corrected chi connectivity index (χ2v) is 4.93. The number of nitriles is 1. The molecule has 0 saturated heterocycles. The number of aliphatic carboxylic acids is 1. The second-order valence-electron chi connectivity index (χ2n) is 4.93. The van der Waals surface area contributed by atoms with E-state index >= 15 is 0 Å². The number of carboxylic acids is 1. The average molecular weight is 273 g/mol. The number of carboxylic acid groups (broad SMARTS) is 1. The van der Waals surface area contributed by atoms with E-state index in [-0.39, 0.29) is 6.54 Å². The molecular weight excluding hydrogens is 258 g/mol. The van der Waals surface area contributed by atoms with Crippen LogP contribution in [0.1, 0.15) is 24.0 Å². The molecule has 1 aliphatic rings. The lowest BCUT2D eigenvalue weighted by molar-refractivity contribution is -0.143. The summed E-state index contributed by atoms with van der Waals surface area (Å²) >= 11 is 0. The van der Waals surface area contributed by atoms with Crippen LogP contribution in [0.2, 0.25) is 0 Å². The Labute approximate surface area is 116 Å². The quantitative estimate of drug-likeness (QED) is 0.750. The van der Waals surface area contributed by atoms with Gasteiger partial charge in [-0.25, -0.2) is 4.79 Å². The third-order valence-corrected chi connectivity index (χ3v) is 3.40. The van der Waals surface area contributed by atoms with Crippen LogP contribution in [0.25, 0.3) is 0 Å². The lowest BCUT2D eigenvalue weighted by Gasteiger charge is -2.12. The smallest absolute Gasteiger partial charge is 0.315 e. The van der Waals surface area contributed by atoms with Gasteiger partial charge in [-0.2, -0.15) is 5.26 Å². The summed E-state index contributed by atoms with van der Waals surface area (Å²) in [5.74, 6) is -0.862. The molecule has 2 rings (SSSR count). The van der Waals surface area contributed by atoms with Crippen molar-refractivity contribution in [3.05, 3.63) is 35.4 Å². The monoisotopic (exact) mass is 273 g/mol. The molecular formula is C14H15N3O3. The molecule has 0 unspecified atom stereocenters. The van der Waals surface area contributed by atoms with Gasteiger partial charge in [0.2, 0.25) is 0 Å². The molecule has 104 valence electrons. The van der Waals surface area contributed by atoms with Gasteiger partial charge in [0.25, 0.3) is 0 Å². The predicted octanol–water partition coefficient (Wildman–Crippen LogP) is 1.22. The molecule has 1 saturated carbocycles. The number of amides is 2. The summed E-state index contributed by atoms with van der Waals surface area (Å²) in [5, 5.41) is 23.0. The number of carbonyl (C=O) groups is 2. The molecule has 1 aliphatic carbocycles. The Morgan fingerprint density at radius 1 is 1.35 bits per heavy atom. The van der Waals surface area contributed by atoms with E-state index in [0.29, 0.717) is 24.9 Å². The van der Waals surface area contributed by atoms with Crippen LogP contribution in [0.3, 0.4) is 0 Å². The Balaban J connectivity index is 1.78. The van der Waals surface area contributed by atoms with Gasteiger partial charge in [-0.1, -0.05) is 12.1 Å². The van der Waals surface area contributed by atoms with Crippen LogP contribution in [0, 0.1) is 16.7 Å². The van der Waals surface area contributed by atoms with Gasteiger partial charge in [0.15, 0.2) is 0 Å². The predicted molar refractivity (Wildman–Crippen MR) is 70.7 cm³/mol. The molecule has 0 bridgehead atoms. The first kappa shape index (κ1) is 13.9. The van der Waals surface area contributed by atoms with Crippen molar-refractivity contribution in [1.29, 1.82) is 5.26 Å². The largest absolute Gasteiger partial charge is 0.481 e. The zero-order chi connectivity index (χ0) is 14.6. The van der Waals surface area contributed by atoms with Crippen LogP contribution in [0.5, 0.6) is 0 Å². The van der Waals surface area contributed by atoms with E-state index < -0.39 is 17.4 Å². The van der Waals surface area contributed by atoms with Crippen LogP contribution in [0.4, 0.5) is 4.79 Å². The maximum Gasteiger partial charge on any atom is 0.315 e. The van der Waals surface area contributed by atoms with Gasteiger partial charge >= 0.3 is 12.0 Å². The first-order valence-corrected chi connectivity index (χ1v) is 6.30. The topological polar surface area (TPSA) is 102 Å². The fraction of sp³-hybridized carbons (Fsp3) is 0.357. The molecule has 0 aliphatic heterocycles. The molecule has 0 radical (unpaired) electrons. The number of nitrogens with one attached hydrogen (secondary N) is 2. The third-order valence-electron chi connectivity index (χ3n) is 3.40. The normalized spacial score (nSPS) is 14.9. The molecule has 0 aromatic heterocycles. The minimum Gasteiger partial charge on any atom is -0.481 e. The highest BCUT2D eigenvalue weighted by Gasteiger charge is 2.50. The molecule has 1 aromatic rings. The molecule has 6 heteroatoms. The fourth-order valence-electron chi connectivity index (χ4n) is 1.86. The first-order chi connectivity index (χ1) is 9.55. The van der Waals surface area contributed by atoms with E-state index in [1.165, 1.54) is 0 Å². The highest BCUT2D eigenvalue weighted by atomic mass is 16.4. The summed E-state index contributed by atoms with van der Waals surface area (Å²) in [5.41, 5.74) is 0.587. The number of rotatable bonds is 5. The average Bonchev–Trinajstić information content (AvgIpc) is 3.24. The van der Waals surface area contributed by atoms with Crippen molar-refractivity contribution >= 4 is 12.0 Å². The highest BCUT2D eigenvalue weighted by Crippen LogP contribution is 2.45. The number of hydrogen-bond acceptors (Lipinski definition) is 3. The van der Waals surface area contributed by atoms with Crippen LogP contribution in [0.15, 0.2) is 24.3 Å². The molecule has 1 aromatic carbocycles. The highest BCUT2D eigenvalue weighted by molar-refractivity contribution is 5.80. The fourth-order valence-corrected chi connectivity index (χ4v) is 1.86. The van der Waals surface area contributed by atoms with E-state index in [9.17, 15) is 9.59 Å². The Kier molecular flexibility index (Phi) is 3.89. The SMILES string of the molecule is N#Cc1cccc(CNC(=O)NCC2(C(=O)O)CC2)c1. The van der Waals surface area contributed by atoms with Crippen LogP contribution in [-0.2, 0) is 11.3 Å². The van der Waals surface area contributed by atoms with Gasteiger partial charge in [-0.05, 0) is 30.5 Å². The lowest BCUT2D eigenvalue weighted by Crippen LogP contribution is -2.40. The second kappa shape index (κ2) is 5.61. The van der Waals surface area contributed by atoms with Crippen molar-refractivity contribution in [1.82, 2.24) is 10.6 Å². The van der Waals surface area contributed by atoms with Crippen molar-refractivity contribution in [3.8, 4) is 6.07 Å². The number of nitrogens with zero attached hydrogens (tertiary/aromatic N) is 1. The summed E-state index contributed by atoms with van der Waals surface area (Å²) in [4.78, 5) is 22.5. The van der Waals surface area contributed by atoms with Gasteiger partial charge in [0.05, 0.1) is 17.0 Å². The Morgan fingerprint density at radius 3 is 2.70 bits per heavy atom. The first-order valence-electron chi connectivity index (χ1n) is 6.30. The minimum atomic E-state index is -0.862. The van der Waals surface area contributed by atoms with Crippen molar-refractivity contribution < 1.29 is 14.7 Å². The Morgan fingerprint density at radius 2 is 2.10 bits per heavy atom. The minimum absolute atomic E-state index is 0.145. The number of benzene rings is 1. The Hall–Kier alpha value is -2.55. The zero-order valence-corrected chi connectivity index (χ0v) is 10.8. The molecule has 0 heterocycles. The van der Waals surface area contributed by atoms with Gasteiger partial charge in [-0.15, -0.1) is 0 Å². The molecule has 1 fully saturated rings. The van der Waals surface area contributed by atoms with Gasteiger partial charge < -0.3 is 15.7 Å². The maximum atomic E-state index is 11.6. The van der Waals surface area contributed by atoms with Crippen molar-refractivity contribution in [3.63, 3.8) is 0 Å². The summed E-state index contributed by atoms with van der Waals surface area (Å²) in [7, 11) is 0. The molecule has 0 spiro atoms. The van der Waals surface area contributed by atoms with Gasteiger partial charge in [-0.3, -0.25) is 4.79 Å². The summed E-state index contributed by atoms with van der Waals surface area (Å²) in [6.07, 6.45) is 1.21. The third kappa shape index (κ3) is 3.26. The van der Waals surface area contributed by atoms with Crippen LogP contribution >= 0.6 is 0 Å². The number of urea groups is 1. The molecule has 2 amide bonds. The Bertz CT molecular complexity index is 573. The molecule has 6 nitrogen and oxygen atoms in total. The molecule has 3 N–H and O–H groups in total. The summed E-state index contributed by atoms with van der Waals surface area (Å²) in [6, 6.07) is 8.56. The molecule has 0 atom stereocenters. The van der Waals surface area contributed by atoms with E-state index in [1.807, 2.05) is 6.07 Å². The number of carbonyl (C=O) groups excluding carboxylic acids is 1. The zero-order valence-electron chi connectivity index (χ0n) is 10.8. The van der Waals surface area contributed by atoms with Crippen LogP contribution < -0.4 is 10.6 Å².